The van der Waals surface area contributed by atoms with Gasteiger partial charge in [0.25, 0.3) is 6.09 Å². The average Bonchev–Trinajstić information content (AvgIpc) is 2.69. The molecule has 0 aromatic heterocycles. The molecule has 2 heterocycles. The Labute approximate surface area is 91.5 Å². The van der Waals surface area contributed by atoms with Gasteiger partial charge in [-0.05, 0) is 6.92 Å². The van der Waals surface area contributed by atoms with Gasteiger partial charge in [0.05, 0.1) is 12.1 Å². The molecule has 7 heteroatoms. The predicted molar refractivity (Wildman–Crippen MR) is 51.3 cm³/mol. The maximum Gasteiger partial charge on any atom is 0.408 e. The van der Waals surface area contributed by atoms with Gasteiger partial charge in [-0.2, -0.15) is 0 Å². The molecule has 0 radical (unpaired) electrons. The van der Waals surface area contributed by atoms with E-state index in [0.29, 0.717) is 17.0 Å². The van der Waals surface area contributed by atoms with Crippen molar-refractivity contribution < 1.29 is 24.4 Å². The molecular weight excluding hydrogens is 214 g/mol. The summed E-state index contributed by atoms with van der Waals surface area (Å²) in [6, 6.07) is 0. The summed E-state index contributed by atoms with van der Waals surface area (Å²) in [6.45, 7) is 1.93. The SMILES string of the molecule is CC1=N[N+](C)(C(=O)[O-])C2=C1CN(C(=O)O)C2. The quantitative estimate of drug-likeness (QED) is 0.558. The van der Waals surface area contributed by atoms with E-state index in [1.165, 1.54) is 7.05 Å². The highest BCUT2D eigenvalue weighted by Crippen LogP contribution is 2.33. The molecule has 2 aliphatic heterocycles. The van der Waals surface area contributed by atoms with Crippen molar-refractivity contribution in [2.24, 2.45) is 5.10 Å². The highest BCUT2D eigenvalue weighted by Gasteiger charge is 2.46. The molecule has 2 aliphatic rings. The minimum absolute atomic E-state index is 0.0655. The summed E-state index contributed by atoms with van der Waals surface area (Å²) in [5, 5.41) is 23.9. The van der Waals surface area contributed by atoms with E-state index in [0.717, 1.165) is 4.90 Å². The van der Waals surface area contributed by atoms with E-state index in [4.69, 9.17) is 5.11 Å². The Kier molecular flexibility index (Phi) is 2.02. The van der Waals surface area contributed by atoms with Gasteiger partial charge in [-0.3, -0.25) is 4.90 Å². The van der Waals surface area contributed by atoms with Gasteiger partial charge in [0.1, 0.15) is 19.3 Å². The molecule has 0 saturated carbocycles. The normalized spacial score (nSPS) is 28.1. The molecule has 1 N–H and O–H groups in total. The molecule has 0 spiro atoms. The van der Waals surface area contributed by atoms with Crippen molar-refractivity contribution in [1.82, 2.24) is 4.90 Å². The first-order valence-corrected chi connectivity index (χ1v) is 4.72. The lowest BCUT2D eigenvalue weighted by Crippen LogP contribution is -2.51. The maximum atomic E-state index is 11.0. The van der Waals surface area contributed by atoms with Gasteiger partial charge < -0.3 is 15.0 Å². The van der Waals surface area contributed by atoms with Crippen LogP contribution in [-0.4, -0.2) is 52.6 Å². The Bertz CT molecular complexity index is 454. The van der Waals surface area contributed by atoms with Crippen molar-refractivity contribution in [2.45, 2.75) is 6.92 Å². The number of carbonyl (C=O) groups excluding carboxylic acids is 1. The van der Waals surface area contributed by atoms with Gasteiger partial charge in [-0.25, -0.2) is 4.79 Å². The molecule has 0 aliphatic carbocycles. The molecule has 1 atom stereocenters. The van der Waals surface area contributed by atoms with Crippen LogP contribution >= 0.6 is 0 Å². The first-order chi connectivity index (χ1) is 7.36. The number of hydrogen-bond donors (Lipinski definition) is 1. The maximum absolute atomic E-state index is 11.0. The number of amides is 2. The van der Waals surface area contributed by atoms with E-state index in [-0.39, 0.29) is 13.1 Å². The lowest BCUT2D eigenvalue weighted by Gasteiger charge is -2.25. The summed E-state index contributed by atoms with van der Waals surface area (Å²) in [4.78, 5) is 23.0. The van der Waals surface area contributed by atoms with Gasteiger partial charge in [0.15, 0.2) is 5.70 Å². The zero-order valence-electron chi connectivity index (χ0n) is 8.93. The number of nitrogens with zero attached hydrogens (tertiary/aromatic N) is 3. The summed E-state index contributed by atoms with van der Waals surface area (Å²) in [5.41, 5.74) is 1.72. The molecule has 1 unspecified atom stereocenters. The third-order valence-corrected chi connectivity index (χ3v) is 2.98. The van der Waals surface area contributed by atoms with Crippen LogP contribution in [0.25, 0.3) is 0 Å². The molecular formula is C9H11N3O4. The first-order valence-electron chi connectivity index (χ1n) is 4.72. The van der Waals surface area contributed by atoms with Gasteiger partial charge in [0.2, 0.25) is 0 Å². The van der Waals surface area contributed by atoms with Crippen molar-refractivity contribution in [3.05, 3.63) is 11.3 Å². The monoisotopic (exact) mass is 225 g/mol. The molecule has 0 aromatic carbocycles. The van der Waals surface area contributed by atoms with Crippen molar-refractivity contribution in [3.8, 4) is 0 Å². The minimum Gasteiger partial charge on any atom is -0.496 e. The smallest absolute Gasteiger partial charge is 0.408 e. The molecule has 2 amide bonds. The van der Waals surface area contributed by atoms with Crippen molar-refractivity contribution in [3.63, 3.8) is 0 Å². The van der Waals surface area contributed by atoms with Gasteiger partial charge >= 0.3 is 6.09 Å². The predicted octanol–water partition coefficient (Wildman–Crippen LogP) is -0.587. The molecule has 86 valence electrons. The second-order valence-corrected chi connectivity index (χ2v) is 3.97. The van der Waals surface area contributed by atoms with Gasteiger partial charge in [0, 0.05) is 0 Å². The van der Waals surface area contributed by atoms with Crippen LogP contribution in [0.2, 0.25) is 0 Å². The van der Waals surface area contributed by atoms with E-state index in [1.807, 2.05) is 0 Å². The van der Waals surface area contributed by atoms with E-state index < -0.39 is 16.8 Å². The highest BCUT2D eigenvalue weighted by molar-refractivity contribution is 6.01. The lowest BCUT2D eigenvalue weighted by atomic mass is 10.2. The molecule has 16 heavy (non-hydrogen) atoms. The third kappa shape index (κ3) is 1.21. The third-order valence-electron chi connectivity index (χ3n) is 2.98. The second-order valence-electron chi connectivity index (χ2n) is 3.97. The highest BCUT2D eigenvalue weighted by atomic mass is 16.4. The summed E-state index contributed by atoms with van der Waals surface area (Å²) in [6.07, 6.45) is -2.41. The topological polar surface area (TPSA) is 93.0 Å². The minimum atomic E-state index is -1.35. The van der Waals surface area contributed by atoms with Gasteiger partial charge in [-0.15, -0.1) is 4.59 Å². The fraction of sp³-hybridized carbons (Fsp3) is 0.444. The van der Waals surface area contributed by atoms with E-state index in [2.05, 4.69) is 5.10 Å². The number of likely N-dealkylation sites (N-methyl/N-ethyl adjacent to an activating group) is 1. The summed E-state index contributed by atoms with van der Waals surface area (Å²) >= 11 is 0. The Morgan fingerprint density at radius 2 is 2.12 bits per heavy atom. The fourth-order valence-corrected chi connectivity index (χ4v) is 2.04. The zero-order valence-corrected chi connectivity index (χ0v) is 8.93. The largest absolute Gasteiger partial charge is 0.496 e. The number of carboxylic acid groups (broad SMARTS) is 2. The number of rotatable bonds is 0. The van der Waals surface area contributed by atoms with Crippen LogP contribution in [-0.2, 0) is 0 Å². The standard InChI is InChI=1S/C9H11N3O4/c1-5-6-3-11(8(13)14)4-7(6)12(2,10-5)9(15)16/h3-4H2,1-2H3,(H-,13,14,15,16). The summed E-state index contributed by atoms with van der Waals surface area (Å²) in [5.74, 6) is 0. The molecule has 2 rings (SSSR count). The Balaban J connectivity index is 2.38. The van der Waals surface area contributed by atoms with Crippen LogP contribution in [0.1, 0.15) is 6.92 Å². The second kappa shape index (κ2) is 3.05. The number of carbonyl (C=O) groups is 2. The van der Waals surface area contributed by atoms with E-state index in [1.54, 1.807) is 6.92 Å². The molecule has 0 aromatic rings. The molecule has 7 nitrogen and oxygen atoms in total. The molecule has 0 bridgehead atoms. The van der Waals surface area contributed by atoms with Crippen molar-refractivity contribution in [2.75, 3.05) is 20.1 Å². The van der Waals surface area contributed by atoms with Crippen LogP contribution in [0.15, 0.2) is 16.4 Å². The van der Waals surface area contributed by atoms with Crippen LogP contribution in [0.5, 0.6) is 0 Å². The molecule has 0 saturated heterocycles. The number of hydrogen-bond acceptors (Lipinski definition) is 4. The van der Waals surface area contributed by atoms with Crippen LogP contribution in [0, 0.1) is 0 Å². The fourth-order valence-electron chi connectivity index (χ4n) is 2.04. The van der Waals surface area contributed by atoms with Gasteiger partial charge in [-0.1, -0.05) is 5.10 Å². The van der Waals surface area contributed by atoms with Crippen LogP contribution in [0.3, 0.4) is 0 Å². The van der Waals surface area contributed by atoms with Crippen molar-refractivity contribution >= 4 is 17.9 Å². The Hall–Kier alpha value is -1.89. The van der Waals surface area contributed by atoms with Crippen LogP contribution < -0.4 is 5.11 Å². The number of quaternary nitrogens is 1. The van der Waals surface area contributed by atoms with Crippen molar-refractivity contribution in [1.29, 1.82) is 0 Å². The Morgan fingerprint density at radius 3 is 2.62 bits per heavy atom. The lowest BCUT2D eigenvalue weighted by molar-refractivity contribution is -0.825. The summed E-state index contributed by atoms with van der Waals surface area (Å²) < 4.78 is -0.690. The molecule has 0 fully saturated rings. The zero-order chi connectivity index (χ0) is 12.1. The summed E-state index contributed by atoms with van der Waals surface area (Å²) in [7, 11) is 1.38. The Morgan fingerprint density at radius 1 is 1.50 bits per heavy atom. The first kappa shape index (κ1) is 10.6. The van der Waals surface area contributed by atoms with E-state index >= 15 is 0 Å². The average molecular weight is 225 g/mol. The van der Waals surface area contributed by atoms with Crippen LogP contribution in [0.4, 0.5) is 9.59 Å². The van der Waals surface area contributed by atoms with E-state index in [9.17, 15) is 14.7 Å².